The van der Waals surface area contributed by atoms with Gasteiger partial charge in [-0.05, 0) is 78.4 Å². The second kappa shape index (κ2) is 9.68. The Labute approximate surface area is 190 Å². The molecule has 0 bridgehead atoms. The molecule has 1 aromatic heterocycles. The molecule has 170 valence electrons. The predicted octanol–water partition coefficient (Wildman–Crippen LogP) is 3.19. The maximum absolute atomic E-state index is 13.9. The first-order valence-electron chi connectivity index (χ1n) is 10.6. The molecule has 0 aliphatic heterocycles. The number of primary amides is 1. The second-order valence-electron chi connectivity index (χ2n) is 7.90. The molecule has 33 heavy (non-hydrogen) atoms. The largest absolute Gasteiger partial charge is 0.494 e. The minimum Gasteiger partial charge on any atom is -0.494 e. The van der Waals surface area contributed by atoms with Gasteiger partial charge in [0.05, 0.1) is 7.11 Å². The van der Waals surface area contributed by atoms with Crippen molar-refractivity contribution in [3.63, 3.8) is 0 Å². The van der Waals surface area contributed by atoms with Gasteiger partial charge in [-0.25, -0.2) is 4.39 Å². The van der Waals surface area contributed by atoms with Crippen LogP contribution in [0.25, 0.3) is 0 Å². The van der Waals surface area contributed by atoms with Crippen LogP contribution in [0.15, 0.2) is 54.7 Å². The molecule has 1 aliphatic rings. The lowest BCUT2D eigenvalue weighted by molar-refractivity contribution is 0.0932. The maximum Gasteiger partial charge on any atom is 0.267 e. The molecule has 0 saturated heterocycles. The SMILES string of the molecule is COc1ccc(C(=O)NC2CCc3ccc(OCc4ccnc(C(N)=O)c4)cc3C2)cc1F. The zero-order valence-corrected chi connectivity index (χ0v) is 18.1. The number of nitrogens with two attached hydrogens (primary N) is 1. The number of benzene rings is 2. The number of amides is 2. The number of pyridine rings is 1. The van der Waals surface area contributed by atoms with Gasteiger partial charge in [-0.2, -0.15) is 0 Å². The number of nitrogens with zero attached hydrogens (tertiary/aromatic N) is 1. The Balaban J connectivity index is 1.39. The van der Waals surface area contributed by atoms with E-state index in [1.165, 1.54) is 31.0 Å². The highest BCUT2D eigenvalue weighted by atomic mass is 19.1. The summed E-state index contributed by atoms with van der Waals surface area (Å²) in [4.78, 5) is 27.8. The number of ether oxygens (including phenoxy) is 2. The van der Waals surface area contributed by atoms with Gasteiger partial charge in [0.1, 0.15) is 18.1 Å². The van der Waals surface area contributed by atoms with E-state index in [-0.39, 0.29) is 35.6 Å². The van der Waals surface area contributed by atoms with Crippen LogP contribution < -0.4 is 20.5 Å². The molecule has 4 rings (SSSR count). The number of nitrogens with one attached hydrogen (secondary N) is 1. The van der Waals surface area contributed by atoms with Crippen molar-refractivity contribution in [2.24, 2.45) is 5.73 Å². The van der Waals surface area contributed by atoms with E-state index in [1.807, 2.05) is 18.2 Å². The van der Waals surface area contributed by atoms with Crippen molar-refractivity contribution in [1.29, 1.82) is 0 Å². The molecule has 1 atom stereocenters. The molecule has 3 aromatic rings. The van der Waals surface area contributed by atoms with Crippen molar-refractivity contribution >= 4 is 11.8 Å². The van der Waals surface area contributed by atoms with Crippen LogP contribution in [0, 0.1) is 5.82 Å². The summed E-state index contributed by atoms with van der Waals surface area (Å²) in [6.07, 6.45) is 3.79. The van der Waals surface area contributed by atoms with E-state index in [2.05, 4.69) is 10.3 Å². The normalized spacial score (nSPS) is 14.8. The summed E-state index contributed by atoms with van der Waals surface area (Å²) in [7, 11) is 1.38. The highest BCUT2D eigenvalue weighted by molar-refractivity contribution is 5.94. The highest BCUT2D eigenvalue weighted by Gasteiger charge is 2.22. The van der Waals surface area contributed by atoms with Crippen LogP contribution in [-0.4, -0.2) is 29.9 Å². The van der Waals surface area contributed by atoms with E-state index in [9.17, 15) is 14.0 Å². The fourth-order valence-electron chi connectivity index (χ4n) is 3.89. The van der Waals surface area contributed by atoms with E-state index in [0.717, 1.165) is 24.0 Å². The van der Waals surface area contributed by atoms with Crippen LogP contribution >= 0.6 is 0 Å². The number of aromatic nitrogens is 1. The third kappa shape index (κ3) is 5.28. The van der Waals surface area contributed by atoms with Crippen molar-refractivity contribution in [1.82, 2.24) is 10.3 Å². The Morgan fingerprint density at radius 1 is 1.15 bits per heavy atom. The number of hydrogen-bond acceptors (Lipinski definition) is 5. The number of methoxy groups -OCH3 is 1. The average Bonchev–Trinajstić information content (AvgIpc) is 2.82. The summed E-state index contributed by atoms with van der Waals surface area (Å²) in [6, 6.07) is 13.4. The zero-order valence-electron chi connectivity index (χ0n) is 18.1. The summed E-state index contributed by atoms with van der Waals surface area (Å²) in [5.41, 5.74) is 8.81. The van der Waals surface area contributed by atoms with Crippen molar-refractivity contribution < 1.29 is 23.5 Å². The van der Waals surface area contributed by atoms with Crippen molar-refractivity contribution in [3.8, 4) is 11.5 Å². The van der Waals surface area contributed by atoms with E-state index in [0.29, 0.717) is 12.2 Å². The summed E-state index contributed by atoms with van der Waals surface area (Å²) >= 11 is 0. The molecule has 0 spiro atoms. The standard InChI is InChI=1S/C25H24FN3O4/c1-32-23-7-4-17(13-21(23)26)25(31)29-19-5-2-16-3-6-20(12-18(16)11-19)33-14-15-8-9-28-22(10-15)24(27)30/h3-4,6-10,12-13,19H,2,5,11,14H2,1H3,(H2,27,30)(H,29,31). The van der Waals surface area contributed by atoms with Crippen molar-refractivity contribution in [2.45, 2.75) is 31.9 Å². The maximum atomic E-state index is 13.9. The molecule has 1 heterocycles. The van der Waals surface area contributed by atoms with E-state index in [4.69, 9.17) is 15.2 Å². The summed E-state index contributed by atoms with van der Waals surface area (Å²) < 4.78 is 24.7. The first-order chi connectivity index (χ1) is 15.9. The van der Waals surface area contributed by atoms with Crippen LogP contribution in [0.1, 0.15) is 44.0 Å². The molecule has 1 unspecified atom stereocenters. The number of carbonyl (C=O) groups is 2. The highest BCUT2D eigenvalue weighted by Crippen LogP contribution is 2.27. The molecule has 3 N–H and O–H groups in total. The van der Waals surface area contributed by atoms with Gasteiger partial charge in [0.25, 0.3) is 11.8 Å². The predicted molar refractivity (Wildman–Crippen MR) is 120 cm³/mol. The van der Waals surface area contributed by atoms with Crippen LogP contribution in [0.5, 0.6) is 11.5 Å². The lowest BCUT2D eigenvalue weighted by Gasteiger charge is -2.26. The fourth-order valence-corrected chi connectivity index (χ4v) is 3.89. The molecular weight excluding hydrogens is 425 g/mol. The van der Waals surface area contributed by atoms with Gasteiger partial charge in [0, 0.05) is 17.8 Å². The monoisotopic (exact) mass is 449 g/mol. The smallest absolute Gasteiger partial charge is 0.267 e. The van der Waals surface area contributed by atoms with E-state index < -0.39 is 11.7 Å². The summed E-state index contributed by atoms with van der Waals surface area (Å²) in [6.45, 7) is 0.269. The van der Waals surface area contributed by atoms with Gasteiger partial charge in [0.2, 0.25) is 0 Å². The molecule has 2 amide bonds. The molecule has 0 fully saturated rings. The summed E-state index contributed by atoms with van der Waals surface area (Å²) in [5.74, 6) is -0.687. The number of halogens is 1. The third-order valence-corrected chi connectivity index (χ3v) is 5.64. The molecule has 1 aliphatic carbocycles. The minimum absolute atomic E-state index is 0.0660. The van der Waals surface area contributed by atoms with Gasteiger partial charge in [-0.3, -0.25) is 14.6 Å². The van der Waals surface area contributed by atoms with E-state index in [1.54, 1.807) is 18.2 Å². The van der Waals surface area contributed by atoms with E-state index >= 15 is 0 Å². The van der Waals surface area contributed by atoms with Crippen LogP contribution in [0.4, 0.5) is 4.39 Å². The Kier molecular flexibility index (Phi) is 6.53. The lowest BCUT2D eigenvalue weighted by atomic mass is 9.88. The fraction of sp³-hybridized carbons (Fsp3) is 0.240. The number of rotatable bonds is 7. The molecule has 0 saturated carbocycles. The Morgan fingerprint density at radius 2 is 2.00 bits per heavy atom. The van der Waals surface area contributed by atoms with Gasteiger partial charge >= 0.3 is 0 Å². The number of hydrogen-bond donors (Lipinski definition) is 2. The molecule has 8 heteroatoms. The Morgan fingerprint density at radius 3 is 2.76 bits per heavy atom. The van der Waals surface area contributed by atoms with Crippen molar-refractivity contribution in [2.75, 3.05) is 7.11 Å². The topological polar surface area (TPSA) is 104 Å². The van der Waals surface area contributed by atoms with Crippen LogP contribution in [0.3, 0.4) is 0 Å². The average molecular weight is 449 g/mol. The Bertz CT molecular complexity index is 1200. The molecule has 2 aromatic carbocycles. The molecule has 7 nitrogen and oxygen atoms in total. The third-order valence-electron chi connectivity index (χ3n) is 5.64. The number of carbonyl (C=O) groups excluding carboxylic acids is 2. The van der Waals surface area contributed by atoms with Crippen LogP contribution in [-0.2, 0) is 19.4 Å². The van der Waals surface area contributed by atoms with Crippen LogP contribution in [0.2, 0.25) is 0 Å². The zero-order chi connectivity index (χ0) is 23.4. The van der Waals surface area contributed by atoms with Gasteiger partial charge in [-0.15, -0.1) is 0 Å². The molecular formula is C25H24FN3O4. The second-order valence-corrected chi connectivity index (χ2v) is 7.90. The van der Waals surface area contributed by atoms with Gasteiger partial charge in [0.15, 0.2) is 11.6 Å². The van der Waals surface area contributed by atoms with Gasteiger partial charge < -0.3 is 20.5 Å². The lowest BCUT2D eigenvalue weighted by Crippen LogP contribution is -2.38. The first-order valence-corrected chi connectivity index (χ1v) is 10.6. The number of aryl methyl sites for hydroxylation is 1. The minimum atomic E-state index is -0.587. The van der Waals surface area contributed by atoms with Crippen molar-refractivity contribution in [3.05, 3.63) is 88.5 Å². The number of fused-ring (bicyclic) bond motifs is 1. The van der Waals surface area contributed by atoms with Gasteiger partial charge in [-0.1, -0.05) is 6.07 Å². The quantitative estimate of drug-likeness (QED) is 0.577. The first kappa shape index (κ1) is 22.3. The molecule has 0 radical (unpaired) electrons. The summed E-state index contributed by atoms with van der Waals surface area (Å²) in [5, 5.41) is 3.00. The Hall–Kier alpha value is -3.94.